The smallest absolute Gasteiger partial charge is 0.231 e. The first-order chi connectivity index (χ1) is 9.86. The van der Waals surface area contributed by atoms with Crippen molar-refractivity contribution < 1.29 is 4.52 Å². The van der Waals surface area contributed by atoms with E-state index in [9.17, 15) is 0 Å². The van der Waals surface area contributed by atoms with Crippen LogP contribution in [0.1, 0.15) is 24.2 Å². The zero-order chi connectivity index (χ0) is 13.8. The van der Waals surface area contributed by atoms with Crippen molar-refractivity contribution >= 4 is 10.8 Å². The molecule has 1 aromatic heterocycles. The minimum Gasteiger partial charge on any atom is -0.339 e. The maximum Gasteiger partial charge on any atom is 0.231 e. The second-order valence-electron chi connectivity index (χ2n) is 4.70. The topological polar surface area (TPSA) is 51.0 Å². The highest BCUT2D eigenvalue weighted by molar-refractivity contribution is 5.85. The Morgan fingerprint density at radius 1 is 1.10 bits per heavy atom. The third-order valence-electron chi connectivity index (χ3n) is 3.26. The number of aromatic nitrogens is 2. The van der Waals surface area contributed by atoms with Gasteiger partial charge in [0.2, 0.25) is 5.89 Å². The standard InChI is InChI=1S/C16H17N3O/c1-2-17-11-15-18-16(20-19-15)10-13-8-5-7-12-6-3-4-9-14(12)13/h3-9,17H,2,10-11H2,1H3. The lowest BCUT2D eigenvalue weighted by Crippen LogP contribution is -2.12. The van der Waals surface area contributed by atoms with Crippen molar-refractivity contribution in [2.75, 3.05) is 6.54 Å². The predicted molar refractivity (Wildman–Crippen MR) is 78.4 cm³/mol. The molecule has 0 saturated carbocycles. The van der Waals surface area contributed by atoms with Gasteiger partial charge >= 0.3 is 0 Å². The maximum absolute atomic E-state index is 5.31. The van der Waals surface area contributed by atoms with Crippen molar-refractivity contribution in [3.63, 3.8) is 0 Å². The molecule has 102 valence electrons. The fourth-order valence-electron chi connectivity index (χ4n) is 2.28. The fraction of sp³-hybridized carbons (Fsp3) is 0.250. The van der Waals surface area contributed by atoms with Crippen molar-refractivity contribution in [1.29, 1.82) is 0 Å². The van der Waals surface area contributed by atoms with Crippen molar-refractivity contribution in [3.8, 4) is 0 Å². The summed E-state index contributed by atoms with van der Waals surface area (Å²) in [6.07, 6.45) is 0.667. The second-order valence-corrected chi connectivity index (χ2v) is 4.70. The molecule has 20 heavy (non-hydrogen) atoms. The van der Waals surface area contributed by atoms with Gasteiger partial charge in [0.25, 0.3) is 0 Å². The van der Waals surface area contributed by atoms with Crippen LogP contribution in [0.3, 0.4) is 0 Å². The number of hydrogen-bond acceptors (Lipinski definition) is 4. The molecule has 0 fully saturated rings. The predicted octanol–water partition coefficient (Wildman–Crippen LogP) is 2.92. The Morgan fingerprint density at radius 3 is 2.85 bits per heavy atom. The highest BCUT2D eigenvalue weighted by atomic mass is 16.5. The summed E-state index contributed by atoms with van der Waals surface area (Å²) in [6.45, 7) is 3.60. The Bertz CT molecular complexity index is 700. The summed E-state index contributed by atoms with van der Waals surface area (Å²) in [6, 6.07) is 14.6. The second kappa shape index (κ2) is 5.84. The van der Waals surface area contributed by atoms with Crippen LogP contribution in [0.25, 0.3) is 10.8 Å². The number of nitrogens with one attached hydrogen (secondary N) is 1. The quantitative estimate of drug-likeness (QED) is 0.772. The van der Waals surface area contributed by atoms with E-state index in [0.29, 0.717) is 24.7 Å². The van der Waals surface area contributed by atoms with Crippen LogP contribution in [0.5, 0.6) is 0 Å². The first kappa shape index (κ1) is 12.8. The Hall–Kier alpha value is -2.20. The van der Waals surface area contributed by atoms with E-state index in [1.165, 1.54) is 16.3 Å². The zero-order valence-corrected chi connectivity index (χ0v) is 11.5. The average Bonchev–Trinajstić information content (AvgIpc) is 2.93. The lowest BCUT2D eigenvalue weighted by atomic mass is 10.0. The third-order valence-corrected chi connectivity index (χ3v) is 3.26. The molecule has 0 spiro atoms. The van der Waals surface area contributed by atoms with Gasteiger partial charge in [-0.2, -0.15) is 4.98 Å². The summed E-state index contributed by atoms with van der Waals surface area (Å²) in [5, 5.41) is 9.64. The van der Waals surface area contributed by atoms with Crippen LogP contribution in [0, 0.1) is 0 Å². The molecule has 1 N–H and O–H groups in total. The largest absolute Gasteiger partial charge is 0.339 e. The van der Waals surface area contributed by atoms with E-state index in [-0.39, 0.29) is 0 Å². The van der Waals surface area contributed by atoms with Crippen LogP contribution in [-0.2, 0) is 13.0 Å². The first-order valence-corrected chi connectivity index (χ1v) is 6.85. The van der Waals surface area contributed by atoms with E-state index < -0.39 is 0 Å². The molecule has 0 radical (unpaired) electrons. The Kier molecular flexibility index (Phi) is 3.74. The molecule has 0 aliphatic carbocycles. The Morgan fingerprint density at radius 2 is 1.95 bits per heavy atom. The van der Waals surface area contributed by atoms with Gasteiger partial charge in [0.1, 0.15) is 0 Å². The van der Waals surface area contributed by atoms with Crippen molar-refractivity contribution in [2.45, 2.75) is 19.9 Å². The minimum atomic E-state index is 0.648. The summed E-state index contributed by atoms with van der Waals surface area (Å²) in [7, 11) is 0. The highest BCUT2D eigenvalue weighted by Crippen LogP contribution is 2.20. The maximum atomic E-state index is 5.31. The lowest BCUT2D eigenvalue weighted by Gasteiger charge is -2.03. The number of nitrogens with zero attached hydrogens (tertiary/aromatic N) is 2. The molecule has 2 aromatic carbocycles. The summed E-state index contributed by atoms with van der Waals surface area (Å²) >= 11 is 0. The summed E-state index contributed by atoms with van der Waals surface area (Å²) < 4.78 is 5.31. The fourth-order valence-corrected chi connectivity index (χ4v) is 2.28. The van der Waals surface area contributed by atoms with Gasteiger partial charge in [0.05, 0.1) is 13.0 Å². The van der Waals surface area contributed by atoms with Crippen LogP contribution in [-0.4, -0.2) is 16.7 Å². The monoisotopic (exact) mass is 267 g/mol. The number of rotatable bonds is 5. The van der Waals surface area contributed by atoms with E-state index in [1.807, 2.05) is 6.07 Å². The molecular formula is C16H17N3O. The van der Waals surface area contributed by atoms with Crippen molar-refractivity contribution in [1.82, 2.24) is 15.5 Å². The Balaban J connectivity index is 1.84. The highest BCUT2D eigenvalue weighted by Gasteiger charge is 2.08. The number of hydrogen-bond donors (Lipinski definition) is 1. The average molecular weight is 267 g/mol. The molecule has 0 aliphatic heterocycles. The van der Waals surface area contributed by atoms with Gasteiger partial charge in [-0.3, -0.25) is 0 Å². The van der Waals surface area contributed by atoms with Gasteiger partial charge in [-0.25, -0.2) is 0 Å². The van der Waals surface area contributed by atoms with Crippen LogP contribution < -0.4 is 5.32 Å². The first-order valence-electron chi connectivity index (χ1n) is 6.85. The molecule has 4 heteroatoms. The van der Waals surface area contributed by atoms with Gasteiger partial charge < -0.3 is 9.84 Å². The molecule has 3 aromatic rings. The zero-order valence-electron chi connectivity index (χ0n) is 11.5. The molecule has 4 nitrogen and oxygen atoms in total. The molecule has 1 heterocycles. The molecule has 0 bridgehead atoms. The van der Waals surface area contributed by atoms with Crippen LogP contribution in [0.2, 0.25) is 0 Å². The minimum absolute atomic E-state index is 0.648. The number of fused-ring (bicyclic) bond motifs is 1. The van der Waals surface area contributed by atoms with Crippen molar-refractivity contribution in [2.24, 2.45) is 0 Å². The van der Waals surface area contributed by atoms with Gasteiger partial charge in [0.15, 0.2) is 5.82 Å². The third kappa shape index (κ3) is 2.70. The summed E-state index contributed by atoms with van der Waals surface area (Å²) in [4.78, 5) is 4.41. The van der Waals surface area contributed by atoms with Gasteiger partial charge in [-0.05, 0) is 22.9 Å². The summed E-state index contributed by atoms with van der Waals surface area (Å²) in [5.41, 5.74) is 1.21. The SMILES string of the molecule is CCNCc1noc(Cc2cccc3ccccc23)n1. The molecule has 0 aliphatic rings. The van der Waals surface area contributed by atoms with E-state index >= 15 is 0 Å². The normalized spacial score (nSPS) is 11.1. The van der Waals surface area contributed by atoms with Crippen molar-refractivity contribution in [3.05, 3.63) is 59.7 Å². The van der Waals surface area contributed by atoms with Gasteiger partial charge in [-0.1, -0.05) is 54.5 Å². The van der Waals surface area contributed by atoms with Gasteiger partial charge in [0, 0.05) is 0 Å². The van der Waals surface area contributed by atoms with Gasteiger partial charge in [-0.15, -0.1) is 0 Å². The van der Waals surface area contributed by atoms with E-state index in [1.54, 1.807) is 0 Å². The number of benzene rings is 2. The molecule has 0 atom stereocenters. The van der Waals surface area contributed by atoms with E-state index in [2.05, 4.69) is 58.8 Å². The summed E-state index contributed by atoms with van der Waals surface area (Å²) in [5.74, 6) is 1.37. The molecule has 3 rings (SSSR count). The lowest BCUT2D eigenvalue weighted by molar-refractivity contribution is 0.378. The molecule has 0 amide bonds. The Labute approximate surface area is 117 Å². The van der Waals surface area contributed by atoms with Crippen LogP contribution in [0.15, 0.2) is 47.0 Å². The molecule has 0 saturated heterocycles. The van der Waals surface area contributed by atoms with E-state index in [4.69, 9.17) is 4.52 Å². The molecule has 0 unspecified atom stereocenters. The van der Waals surface area contributed by atoms with Crippen LogP contribution >= 0.6 is 0 Å². The molecular weight excluding hydrogens is 250 g/mol. The van der Waals surface area contributed by atoms with E-state index in [0.717, 1.165) is 6.54 Å². The van der Waals surface area contributed by atoms with Crippen LogP contribution in [0.4, 0.5) is 0 Å².